The number of rotatable bonds is 4. The third-order valence-corrected chi connectivity index (χ3v) is 2.94. The van der Waals surface area contributed by atoms with Crippen LogP contribution in [0.25, 0.3) is 6.08 Å². The average molecular weight is 259 g/mol. The number of carbonyl (C=O) groups excluding carboxylic acids is 1. The highest BCUT2D eigenvalue weighted by molar-refractivity contribution is 5.88. The molecule has 1 aromatic carbocycles. The molecule has 4 nitrogen and oxygen atoms in total. The van der Waals surface area contributed by atoms with Crippen molar-refractivity contribution in [2.45, 2.75) is 12.5 Å². The van der Waals surface area contributed by atoms with Crippen LogP contribution in [0.4, 0.5) is 0 Å². The molecule has 2 rings (SSSR count). The Morgan fingerprint density at radius 3 is 2.84 bits per heavy atom. The first-order valence-corrected chi connectivity index (χ1v) is 6.10. The molecule has 0 radical (unpaired) electrons. The van der Waals surface area contributed by atoms with Crippen molar-refractivity contribution in [3.05, 3.63) is 42.0 Å². The fourth-order valence-corrected chi connectivity index (χ4v) is 1.91. The fraction of sp³-hybridized carbons (Fsp3) is 0.267. The standard InChI is InChI=1S/C15H17NO3/c1-18-13-9-7-11(14(10-13)19-2)6-8-12-4-3-5-15(17)16-12/h3,5-10,12H,4H2,1-2H3,(H,16,17)/b8-6+. The molecular formula is C15H17NO3. The molecule has 4 heteroatoms. The molecule has 0 saturated heterocycles. The summed E-state index contributed by atoms with van der Waals surface area (Å²) in [7, 11) is 3.24. The summed E-state index contributed by atoms with van der Waals surface area (Å²) in [6.45, 7) is 0. The third-order valence-electron chi connectivity index (χ3n) is 2.94. The molecule has 1 heterocycles. The second kappa shape index (κ2) is 6.09. The molecule has 0 aliphatic carbocycles. The number of hydrogen-bond acceptors (Lipinski definition) is 3. The van der Waals surface area contributed by atoms with Crippen LogP contribution in [0.1, 0.15) is 12.0 Å². The van der Waals surface area contributed by atoms with Crippen LogP contribution in [0.15, 0.2) is 36.4 Å². The second-order valence-electron chi connectivity index (χ2n) is 4.22. The van der Waals surface area contributed by atoms with E-state index in [1.54, 1.807) is 20.3 Å². The van der Waals surface area contributed by atoms with Crippen LogP contribution < -0.4 is 14.8 Å². The minimum absolute atomic E-state index is 0.0318. The Kier molecular flexibility index (Phi) is 4.23. The minimum Gasteiger partial charge on any atom is -0.497 e. The number of nitrogens with one attached hydrogen (secondary N) is 1. The van der Waals surface area contributed by atoms with Crippen molar-refractivity contribution in [1.29, 1.82) is 0 Å². The summed E-state index contributed by atoms with van der Waals surface area (Å²) in [5.74, 6) is 1.44. The van der Waals surface area contributed by atoms with Crippen molar-refractivity contribution in [3.8, 4) is 11.5 Å². The molecule has 1 unspecified atom stereocenters. The zero-order valence-electron chi connectivity index (χ0n) is 11.1. The van der Waals surface area contributed by atoms with Crippen LogP contribution >= 0.6 is 0 Å². The van der Waals surface area contributed by atoms with E-state index in [-0.39, 0.29) is 11.9 Å². The molecule has 1 atom stereocenters. The summed E-state index contributed by atoms with van der Waals surface area (Å²) in [5, 5.41) is 2.87. The smallest absolute Gasteiger partial charge is 0.244 e. The Balaban J connectivity index is 2.14. The van der Waals surface area contributed by atoms with E-state index >= 15 is 0 Å². The molecule has 1 N–H and O–H groups in total. The maximum Gasteiger partial charge on any atom is 0.244 e. The Morgan fingerprint density at radius 1 is 1.32 bits per heavy atom. The Hall–Kier alpha value is -2.23. The van der Waals surface area contributed by atoms with Crippen molar-refractivity contribution in [2.75, 3.05) is 14.2 Å². The molecule has 0 fully saturated rings. The summed E-state index contributed by atoms with van der Waals surface area (Å²) in [5.41, 5.74) is 0.951. The molecule has 100 valence electrons. The third kappa shape index (κ3) is 3.37. The van der Waals surface area contributed by atoms with E-state index in [0.717, 1.165) is 23.5 Å². The van der Waals surface area contributed by atoms with Gasteiger partial charge in [0.2, 0.25) is 5.91 Å². The predicted molar refractivity (Wildman–Crippen MR) is 74.3 cm³/mol. The highest BCUT2D eigenvalue weighted by atomic mass is 16.5. The highest BCUT2D eigenvalue weighted by Gasteiger charge is 2.10. The SMILES string of the molecule is COc1ccc(/C=C/C2CC=CC(=O)N2)c(OC)c1. The van der Waals surface area contributed by atoms with E-state index in [4.69, 9.17) is 9.47 Å². The normalized spacial score (nSPS) is 18.4. The van der Waals surface area contributed by atoms with Crippen LogP contribution in [0.3, 0.4) is 0 Å². The lowest BCUT2D eigenvalue weighted by atomic mass is 10.1. The van der Waals surface area contributed by atoms with Crippen LogP contribution in [0.5, 0.6) is 11.5 Å². The topological polar surface area (TPSA) is 47.6 Å². The summed E-state index contributed by atoms with van der Waals surface area (Å²) in [6.07, 6.45) is 8.15. The van der Waals surface area contributed by atoms with Gasteiger partial charge in [0.1, 0.15) is 11.5 Å². The summed E-state index contributed by atoms with van der Waals surface area (Å²) >= 11 is 0. The minimum atomic E-state index is -0.0532. The zero-order chi connectivity index (χ0) is 13.7. The first-order valence-electron chi connectivity index (χ1n) is 6.10. The zero-order valence-corrected chi connectivity index (χ0v) is 11.1. The predicted octanol–water partition coefficient (Wildman–Crippen LogP) is 2.16. The number of amides is 1. The van der Waals surface area contributed by atoms with Gasteiger partial charge in [-0.05, 0) is 24.6 Å². The summed E-state index contributed by atoms with van der Waals surface area (Å²) in [4.78, 5) is 11.2. The largest absolute Gasteiger partial charge is 0.497 e. The number of hydrogen-bond donors (Lipinski definition) is 1. The van der Waals surface area contributed by atoms with Crippen LogP contribution in [-0.4, -0.2) is 26.2 Å². The van der Waals surface area contributed by atoms with E-state index in [1.165, 1.54) is 0 Å². The number of methoxy groups -OCH3 is 2. The summed E-state index contributed by atoms with van der Waals surface area (Å²) < 4.78 is 10.5. The van der Waals surface area contributed by atoms with Gasteiger partial charge in [-0.3, -0.25) is 4.79 Å². The molecule has 1 aliphatic rings. The maximum absolute atomic E-state index is 11.2. The molecule has 0 bridgehead atoms. The van der Waals surface area contributed by atoms with E-state index in [1.807, 2.05) is 36.4 Å². The lowest BCUT2D eigenvalue weighted by Crippen LogP contribution is -2.34. The lowest BCUT2D eigenvalue weighted by Gasteiger charge is -2.15. The van der Waals surface area contributed by atoms with Gasteiger partial charge in [-0.2, -0.15) is 0 Å². The number of benzene rings is 1. The second-order valence-corrected chi connectivity index (χ2v) is 4.22. The van der Waals surface area contributed by atoms with E-state index in [9.17, 15) is 4.79 Å². The van der Waals surface area contributed by atoms with E-state index in [0.29, 0.717) is 0 Å². The number of ether oxygens (including phenoxy) is 2. The van der Waals surface area contributed by atoms with Crippen molar-refractivity contribution < 1.29 is 14.3 Å². The van der Waals surface area contributed by atoms with Gasteiger partial charge < -0.3 is 14.8 Å². The highest BCUT2D eigenvalue weighted by Crippen LogP contribution is 2.25. The Labute approximate surface area is 112 Å². The van der Waals surface area contributed by atoms with Crippen molar-refractivity contribution in [1.82, 2.24) is 5.32 Å². The molecule has 1 aromatic rings. The Morgan fingerprint density at radius 2 is 2.16 bits per heavy atom. The molecule has 0 spiro atoms. The first-order chi connectivity index (χ1) is 9.22. The van der Waals surface area contributed by atoms with Crippen molar-refractivity contribution in [2.24, 2.45) is 0 Å². The average Bonchev–Trinajstić information content (AvgIpc) is 2.45. The van der Waals surface area contributed by atoms with Crippen molar-refractivity contribution in [3.63, 3.8) is 0 Å². The van der Waals surface area contributed by atoms with Gasteiger partial charge in [0, 0.05) is 11.6 Å². The molecule has 1 aliphatic heterocycles. The van der Waals surface area contributed by atoms with Crippen LogP contribution in [0.2, 0.25) is 0 Å². The van der Waals surface area contributed by atoms with Crippen molar-refractivity contribution >= 4 is 12.0 Å². The number of carbonyl (C=O) groups is 1. The van der Waals surface area contributed by atoms with Gasteiger partial charge in [0.05, 0.1) is 20.3 Å². The monoisotopic (exact) mass is 259 g/mol. The Bertz CT molecular complexity index is 520. The van der Waals surface area contributed by atoms with E-state index < -0.39 is 0 Å². The molecule has 0 saturated carbocycles. The quantitative estimate of drug-likeness (QED) is 0.901. The summed E-state index contributed by atoms with van der Waals surface area (Å²) in [6, 6.07) is 5.67. The van der Waals surface area contributed by atoms with Gasteiger partial charge in [0.25, 0.3) is 0 Å². The van der Waals surface area contributed by atoms with Crippen LogP contribution in [0, 0.1) is 0 Å². The van der Waals surface area contributed by atoms with Gasteiger partial charge in [-0.1, -0.05) is 18.2 Å². The first kappa shape index (κ1) is 13.2. The fourth-order valence-electron chi connectivity index (χ4n) is 1.91. The van der Waals surface area contributed by atoms with Gasteiger partial charge in [0.15, 0.2) is 0 Å². The van der Waals surface area contributed by atoms with E-state index in [2.05, 4.69) is 5.32 Å². The van der Waals surface area contributed by atoms with Gasteiger partial charge >= 0.3 is 0 Å². The molecular weight excluding hydrogens is 242 g/mol. The van der Waals surface area contributed by atoms with Gasteiger partial charge in [-0.15, -0.1) is 0 Å². The van der Waals surface area contributed by atoms with Crippen LogP contribution in [-0.2, 0) is 4.79 Å². The maximum atomic E-state index is 11.2. The molecule has 0 aromatic heterocycles. The lowest BCUT2D eigenvalue weighted by molar-refractivity contribution is -0.117. The van der Waals surface area contributed by atoms with Gasteiger partial charge in [-0.25, -0.2) is 0 Å². The molecule has 19 heavy (non-hydrogen) atoms. The molecule has 1 amide bonds.